The highest BCUT2D eigenvalue weighted by atomic mass is 19.1. The van der Waals surface area contributed by atoms with Crippen molar-refractivity contribution in [1.29, 1.82) is 0 Å². The minimum atomic E-state index is -0.311. The second kappa shape index (κ2) is 3.31. The zero-order chi connectivity index (χ0) is 9.10. The van der Waals surface area contributed by atoms with Crippen LogP contribution >= 0.6 is 0 Å². The molecule has 0 aliphatic carbocycles. The zero-order valence-corrected chi connectivity index (χ0v) is 6.81. The maximum absolute atomic E-state index is 13.2. The van der Waals surface area contributed by atoms with Crippen molar-refractivity contribution in [2.45, 2.75) is 0 Å². The first-order valence-corrected chi connectivity index (χ1v) is 3.89. The summed E-state index contributed by atoms with van der Waals surface area (Å²) in [5.41, 5.74) is 1.11. The molecule has 2 aromatic rings. The Morgan fingerprint density at radius 3 is 2.46 bits per heavy atom. The first-order chi connectivity index (χ1) is 6.38. The minimum absolute atomic E-state index is 0.311. The topological polar surface area (TPSA) is 25.8 Å². The Balaban J connectivity index is 2.54. The molecule has 64 valence electrons. The predicted molar refractivity (Wildman–Crippen MR) is 47.4 cm³/mol. The van der Waals surface area contributed by atoms with Crippen LogP contribution in [-0.2, 0) is 0 Å². The smallest absolute Gasteiger partial charge is 0.149 e. The third-order valence-corrected chi connectivity index (χ3v) is 1.71. The summed E-state index contributed by atoms with van der Waals surface area (Å²) >= 11 is 0. The van der Waals surface area contributed by atoms with Crippen molar-refractivity contribution in [3.05, 3.63) is 48.7 Å². The zero-order valence-electron chi connectivity index (χ0n) is 6.81. The Morgan fingerprint density at radius 2 is 1.77 bits per heavy atom. The van der Waals surface area contributed by atoms with E-state index in [1.54, 1.807) is 36.8 Å². The molecule has 0 saturated carbocycles. The van der Waals surface area contributed by atoms with E-state index < -0.39 is 0 Å². The third-order valence-electron chi connectivity index (χ3n) is 1.71. The lowest BCUT2D eigenvalue weighted by Crippen LogP contribution is -1.87. The van der Waals surface area contributed by atoms with Gasteiger partial charge in [-0.1, -0.05) is 0 Å². The highest BCUT2D eigenvalue weighted by Gasteiger charge is 2.03. The number of pyridine rings is 2. The largest absolute Gasteiger partial charge is 0.265 e. The van der Waals surface area contributed by atoms with Crippen LogP contribution in [0.2, 0.25) is 0 Å². The summed E-state index contributed by atoms with van der Waals surface area (Å²) in [7, 11) is 0. The Morgan fingerprint density at radius 1 is 1.00 bits per heavy atom. The van der Waals surface area contributed by atoms with E-state index in [0.717, 1.165) is 5.56 Å². The molecule has 0 fully saturated rings. The van der Waals surface area contributed by atoms with Crippen LogP contribution in [0.25, 0.3) is 11.3 Å². The molecule has 2 heterocycles. The average molecular weight is 174 g/mol. The molecule has 0 bridgehead atoms. The highest BCUT2D eigenvalue weighted by molar-refractivity contribution is 5.58. The Labute approximate surface area is 75.1 Å². The molecule has 3 heteroatoms. The van der Waals surface area contributed by atoms with Crippen LogP contribution < -0.4 is 0 Å². The maximum atomic E-state index is 13.2. The van der Waals surface area contributed by atoms with Crippen molar-refractivity contribution in [2.75, 3.05) is 0 Å². The highest BCUT2D eigenvalue weighted by Crippen LogP contribution is 2.17. The summed E-state index contributed by atoms with van der Waals surface area (Å²) < 4.78 is 13.2. The van der Waals surface area contributed by atoms with Crippen molar-refractivity contribution in [3.8, 4) is 11.3 Å². The van der Waals surface area contributed by atoms with Gasteiger partial charge < -0.3 is 0 Å². The molecule has 0 N–H and O–H groups in total. The summed E-state index contributed by atoms with van der Waals surface area (Å²) in [6.45, 7) is 0. The van der Waals surface area contributed by atoms with Crippen LogP contribution in [-0.4, -0.2) is 9.97 Å². The van der Waals surface area contributed by atoms with E-state index in [0.29, 0.717) is 5.69 Å². The lowest BCUT2D eigenvalue weighted by atomic mass is 10.2. The van der Waals surface area contributed by atoms with Crippen LogP contribution in [0.3, 0.4) is 0 Å². The molecule has 0 aromatic carbocycles. The standard InChI is InChI=1S/C10H7FN2/c11-9-2-1-5-13-10(9)8-3-6-12-7-4-8/h1-7H. The number of rotatable bonds is 1. The molecule has 2 rings (SSSR count). The number of halogens is 1. The monoisotopic (exact) mass is 174 g/mol. The molecule has 0 radical (unpaired) electrons. The van der Waals surface area contributed by atoms with Gasteiger partial charge in [0.05, 0.1) is 0 Å². The van der Waals surface area contributed by atoms with Gasteiger partial charge in [0.25, 0.3) is 0 Å². The van der Waals surface area contributed by atoms with Gasteiger partial charge in [-0.05, 0) is 24.3 Å². The molecule has 13 heavy (non-hydrogen) atoms. The van der Waals surface area contributed by atoms with Crippen LogP contribution in [0.4, 0.5) is 4.39 Å². The first kappa shape index (κ1) is 7.86. The molecule has 2 nitrogen and oxygen atoms in total. The SMILES string of the molecule is Fc1cccnc1-c1ccncc1. The minimum Gasteiger partial charge on any atom is -0.265 e. The van der Waals surface area contributed by atoms with Crippen molar-refractivity contribution < 1.29 is 4.39 Å². The van der Waals surface area contributed by atoms with Gasteiger partial charge in [-0.3, -0.25) is 9.97 Å². The second-order valence-electron chi connectivity index (χ2n) is 2.57. The molecule has 0 atom stereocenters. The molecule has 0 unspecified atom stereocenters. The predicted octanol–water partition coefficient (Wildman–Crippen LogP) is 2.28. The van der Waals surface area contributed by atoms with Crippen LogP contribution in [0.1, 0.15) is 0 Å². The molecule has 2 aromatic heterocycles. The van der Waals surface area contributed by atoms with Crippen LogP contribution in [0, 0.1) is 5.82 Å². The molecule has 0 saturated heterocycles. The lowest BCUT2D eigenvalue weighted by molar-refractivity contribution is 0.625. The average Bonchev–Trinajstić information content (AvgIpc) is 2.20. The van der Waals surface area contributed by atoms with Gasteiger partial charge in [-0.2, -0.15) is 0 Å². The van der Waals surface area contributed by atoms with Crippen LogP contribution in [0.5, 0.6) is 0 Å². The Hall–Kier alpha value is -1.77. The molecule has 0 amide bonds. The van der Waals surface area contributed by atoms with Gasteiger partial charge in [-0.25, -0.2) is 4.39 Å². The summed E-state index contributed by atoms with van der Waals surface area (Å²) in [5, 5.41) is 0. The summed E-state index contributed by atoms with van der Waals surface area (Å²) in [5.74, 6) is -0.311. The number of hydrogen-bond acceptors (Lipinski definition) is 2. The van der Waals surface area contributed by atoms with Crippen LogP contribution in [0.15, 0.2) is 42.9 Å². The van der Waals surface area contributed by atoms with Gasteiger partial charge in [0.15, 0.2) is 0 Å². The van der Waals surface area contributed by atoms with E-state index in [1.165, 1.54) is 6.07 Å². The van der Waals surface area contributed by atoms with Crippen molar-refractivity contribution in [2.24, 2.45) is 0 Å². The number of hydrogen-bond donors (Lipinski definition) is 0. The maximum Gasteiger partial charge on any atom is 0.149 e. The van der Waals surface area contributed by atoms with Gasteiger partial charge in [-0.15, -0.1) is 0 Å². The van der Waals surface area contributed by atoms with Crippen molar-refractivity contribution in [3.63, 3.8) is 0 Å². The van der Waals surface area contributed by atoms with Gasteiger partial charge in [0.1, 0.15) is 11.5 Å². The lowest BCUT2D eigenvalue weighted by Gasteiger charge is -1.99. The van der Waals surface area contributed by atoms with E-state index in [1.807, 2.05) is 0 Å². The van der Waals surface area contributed by atoms with E-state index in [4.69, 9.17) is 0 Å². The molecule has 0 aliphatic rings. The van der Waals surface area contributed by atoms with E-state index in [2.05, 4.69) is 9.97 Å². The summed E-state index contributed by atoms with van der Waals surface area (Å²) in [4.78, 5) is 7.80. The number of aromatic nitrogens is 2. The molecular formula is C10H7FN2. The normalized spacial score (nSPS) is 9.92. The second-order valence-corrected chi connectivity index (χ2v) is 2.57. The first-order valence-electron chi connectivity index (χ1n) is 3.89. The van der Waals surface area contributed by atoms with Gasteiger partial charge >= 0.3 is 0 Å². The van der Waals surface area contributed by atoms with Gasteiger partial charge in [0.2, 0.25) is 0 Å². The fourth-order valence-electron chi connectivity index (χ4n) is 1.11. The van der Waals surface area contributed by atoms with E-state index >= 15 is 0 Å². The Kier molecular flexibility index (Phi) is 2.00. The summed E-state index contributed by atoms with van der Waals surface area (Å²) in [6, 6.07) is 6.42. The van der Waals surface area contributed by atoms with Crippen molar-refractivity contribution in [1.82, 2.24) is 9.97 Å². The fraction of sp³-hybridized carbons (Fsp3) is 0. The molecule has 0 spiro atoms. The van der Waals surface area contributed by atoms with E-state index in [9.17, 15) is 4.39 Å². The van der Waals surface area contributed by atoms with Crippen molar-refractivity contribution >= 4 is 0 Å². The molecule has 0 aliphatic heterocycles. The fourth-order valence-corrected chi connectivity index (χ4v) is 1.11. The Bertz CT molecular complexity index is 401. The van der Waals surface area contributed by atoms with Gasteiger partial charge in [0, 0.05) is 24.2 Å². The number of nitrogens with zero attached hydrogens (tertiary/aromatic N) is 2. The van der Waals surface area contributed by atoms with E-state index in [-0.39, 0.29) is 5.82 Å². The molecular weight excluding hydrogens is 167 g/mol. The third kappa shape index (κ3) is 1.54. The summed E-state index contributed by atoms with van der Waals surface area (Å²) in [6.07, 6.45) is 4.80. The quantitative estimate of drug-likeness (QED) is 0.662.